The summed E-state index contributed by atoms with van der Waals surface area (Å²) < 4.78 is 4.05. The van der Waals surface area contributed by atoms with Crippen LogP contribution in [0.5, 0.6) is 0 Å². The van der Waals surface area contributed by atoms with E-state index in [0.717, 1.165) is 19.3 Å². The van der Waals surface area contributed by atoms with Crippen LogP contribution in [0, 0.1) is 11.8 Å². The zero-order valence-electron chi connectivity index (χ0n) is 36.9. The summed E-state index contributed by atoms with van der Waals surface area (Å²) in [5, 5.41) is 5.35. The van der Waals surface area contributed by atoms with Crippen molar-refractivity contribution in [1.29, 1.82) is 0 Å². The molecule has 0 amide bonds. The van der Waals surface area contributed by atoms with Gasteiger partial charge in [0.15, 0.2) is 0 Å². The van der Waals surface area contributed by atoms with Crippen molar-refractivity contribution < 1.29 is 0 Å². The summed E-state index contributed by atoms with van der Waals surface area (Å²) in [6.07, 6.45) is 34.1. The summed E-state index contributed by atoms with van der Waals surface area (Å²) in [7, 11) is 0. The van der Waals surface area contributed by atoms with E-state index in [4.69, 9.17) is 0 Å². The molecule has 0 spiro atoms. The smallest absolute Gasteiger partial charge is 0.0468 e. The standard InChI is InChI=1S/C64H45NS2/c1-2-6-13-40(12-5-1)44-24-30-61-56(33-44)52-28-21-43(39-14-7-3-8-15-39)32-55(63(52)66-61)47-22-27-51-50-26-20-42(23-29-59(50)65-60(51)38-47)54-36-48(49-19-11-18-46-35-53(46)49)37-58-57-34-45(41-16-9-4-10-17-41)25-31-62(57)67-64(54)58/h1-12,14-27,30-34,36-38,46,53,65H,13,28-29,35H2. The van der Waals surface area contributed by atoms with Gasteiger partial charge in [0.2, 0.25) is 0 Å². The molecule has 67 heavy (non-hydrogen) atoms. The fraction of sp³-hybridized carbons (Fsp3) is 0.0938. The predicted molar refractivity (Wildman–Crippen MR) is 290 cm³/mol. The molecule has 6 aromatic carbocycles. The van der Waals surface area contributed by atoms with Crippen molar-refractivity contribution in [2.75, 3.05) is 0 Å². The van der Waals surface area contributed by atoms with Crippen LogP contribution in [-0.4, -0.2) is 4.98 Å². The summed E-state index contributed by atoms with van der Waals surface area (Å²) >= 11 is 3.87. The molecule has 3 heteroatoms. The third-order valence-corrected chi connectivity index (χ3v) is 17.2. The average molecular weight is 892 g/mol. The van der Waals surface area contributed by atoms with Gasteiger partial charge in [0, 0.05) is 58.3 Å². The second-order valence-electron chi connectivity index (χ2n) is 18.7. The van der Waals surface area contributed by atoms with E-state index in [2.05, 4.69) is 211 Å². The van der Waals surface area contributed by atoms with Gasteiger partial charge in [0.1, 0.15) is 0 Å². The van der Waals surface area contributed by atoms with Crippen molar-refractivity contribution in [3.8, 4) is 11.1 Å². The molecule has 0 saturated heterocycles. The summed E-state index contributed by atoms with van der Waals surface area (Å²) in [6, 6.07) is 48.0. The maximum atomic E-state index is 3.95. The SMILES string of the molecule is C1=CC=C(c2ccc3sc4c(c3c2)CC=C(c2ccccc2)C=C4c2ccc3c4c([nH]c3c2)CC=C(c2cc(C3=CC=CC5CC35)cc3c2sc2ccc(-c5ccccc5)cc23)C=C4)CC=C1. The highest BCUT2D eigenvalue weighted by atomic mass is 32.1. The van der Waals surface area contributed by atoms with E-state index in [1.54, 1.807) is 0 Å². The molecule has 3 aromatic heterocycles. The van der Waals surface area contributed by atoms with E-state index in [-0.39, 0.29) is 0 Å². The van der Waals surface area contributed by atoms with E-state index in [9.17, 15) is 0 Å². The zero-order valence-corrected chi connectivity index (χ0v) is 38.6. The van der Waals surface area contributed by atoms with Gasteiger partial charge in [0.25, 0.3) is 0 Å². The van der Waals surface area contributed by atoms with Gasteiger partial charge in [-0.3, -0.25) is 0 Å². The lowest BCUT2D eigenvalue weighted by molar-refractivity contribution is 0.999. The Kier molecular flexibility index (Phi) is 9.10. The Labute approximate surface area is 398 Å². The largest absolute Gasteiger partial charge is 0.358 e. The Morgan fingerprint density at radius 2 is 1.33 bits per heavy atom. The van der Waals surface area contributed by atoms with Crippen LogP contribution in [0.15, 0.2) is 200 Å². The van der Waals surface area contributed by atoms with Crippen molar-refractivity contribution in [3.63, 3.8) is 0 Å². The maximum absolute atomic E-state index is 3.95. The number of allylic oxidation sites excluding steroid dienone is 16. The van der Waals surface area contributed by atoms with Crippen molar-refractivity contribution >= 4 is 97.8 Å². The first kappa shape index (κ1) is 38.9. The van der Waals surface area contributed by atoms with Crippen molar-refractivity contribution in [3.05, 3.63) is 250 Å². The zero-order chi connectivity index (χ0) is 44.0. The molecule has 3 heterocycles. The van der Waals surface area contributed by atoms with Crippen molar-refractivity contribution in [1.82, 2.24) is 4.98 Å². The van der Waals surface area contributed by atoms with Crippen LogP contribution in [0.4, 0.5) is 0 Å². The Hall–Kier alpha value is -7.30. The monoisotopic (exact) mass is 891 g/mol. The molecule has 14 rings (SSSR count). The lowest BCUT2D eigenvalue weighted by Gasteiger charge is -2.13. The molecule has 2 atom stereocenters. The van der Waals surface area contributed by atoms with Crippen LogP contribution in [0.25, 0.3) is 86.2 Å². The fourth-order valence-electron chi connectivity index (χ4n) is 11.1. The van der Waals surface area contributed by atoms with Crippen molar-refractivity contribution in [2.24, 2.45) is 11.8 Å². The molecule has 0 bridgehead atoms. The van der Waals surface area contributed by atoms with E-state index in [1.165, 1.54) is 136 Å². The van der Waals surface area contributed by atoms with Crippen LogP contribution in [0.1, 0.15) is 62.4 Å². The number of rotatable bonds is 6. The molecule has 9 aromatic rings. The number of H-pyrrole nitrogens is 1. The van der Waals surface area contributed by atoms with Crippen LogP contribution < -0.4 is 0 Å². The number of nitrogens with one attached hydrogen (secondary N) is 1. The van der Waals surface area contributed by atoms with Gasteiger partial charge in [-0.25, -0.2) is 0 Å². The average Bonchev–Trinajstić information content (AvgIpc) is 4.05. The van der Waals surface area contributed by atoms with E-state index in [1.807, 2.05) is 22.7 Å². The summed E-state index contributed by atoms with van der Waals surface area (Å²) in [5.41, 5.74) is 20.9. The first-order valence-electron chi connectivity index (χ1n) is 23.7. The molecule has 1 fully saturated rings. The minimum absolute atomic E-state index is 0.632. The highest BCUT2D eigenvalue weighted by molar-refractivity contribution is 7.26. The first-order chi connectivity index (χ1) is 33.2. The lowest BCUT2D eigenvalue weighted by atomic mass is 9.91. The molecule has 0 aliphatic heterocycles. The molecule has 1 N–H and O–H groups in total. The first-order valence-corrected chi connectivity index (χ1v) is 25.3. The Morgan fingerprint density at radius 3 is 2.22 bits per heavy atom. The molecule has 5 aliphatic carbocycles. The summed E-state index contributed by atoms with van der Waals surface area (Å²) in [6.45, 7) is 0. The van der Waals surface area contributed by atoms with Gasteiger partial charge in [-0.2, -0.15) is 0 Å². The van der Waals surface area contributed by atoms with Crippen LogP contribution in [0.2, 0.25) is 0 Å². The molecular formula is C64H45NS2. The van der Waals surface area contributed by atoms with E-state index < -0.39 is 0 Å². The number of aromatic amines is 1. The number of hydrogen-bond donors (Lipinski definition) is 1. The molecule has 2 unspecified atom stereocenters. The van der Waals surface area contributed by atoms with Crippen LogP contribution in [0.3, 0.4) is 0 Å². The van der Waals surface area contributed by atoms with Gasteiger partial charge in [-0.15, -0.1) is 22.7 Å². The van der Waals surface area contributed by atoms with Gasteiger partial charge in [-0.1, -0.05) is 158 Å². The predicted octanol–water partition coefficient (Wildman–Crippen LogP) is 17.6. The number of fused-ring (bicyclic) bond motifs is 10. The molecular weight excluding hydrogens is 847 g/mol. The Balaban J connectivity index is 0.856. The normalized spacial score (nSPS) is 18.4. The minimum Gasteiger partial charge on any atom is -0.358 e. The van der Waals surface area contributed by atoms with Crippen LogP contribution >= 0.6 is 22.7 Å². The quantitative estimate of drug-likeness (QED) is 0.171. The van der Waals surface area contributed by atoms with Gasteiger partial charge < -0.3 is 4.98 Å². The number of aromatic nitrogens is 1. The molecule has 1 nitrogen and oxygen atoms in total. The highest BCUT2D eigenvalue weighted by Crippen LogP contribution is 2.53. The van der Waals surface area contributed by atoms with Gasteiger partial charge >= 0.3 is 0 Å². The third kappa shape index (κ3) is 6.71. The van der Waals surface area contributed by atoms with Crippen molar-refractivity contribution in [2.45, 2.75) is 25.7 Å². The Bertz CT molecular complexity index is 3840. The fourth-order valence-corrected chi connectivity index (χ4v) is 13.6. The number of benzene rings is 6. The molecule has 1 saturated carbocycles. The maximum Gasteiger partial charge on any atom is 0.0468 e. The highest BCUT2D eigenvalue weighted by Gasteiger charge is 2.40. The van der Waals surface area contributed by atoms with E-state index in [0.29, 0.717) is 11.8 Å². The second-order valence-corrected chi connectivity index (χ2v) is 20.8. The number of hydrogen-bond acceptors (Lipinski definition) is 2. The Morgan fingerprint density at radius 1 is 0.537 bits per heavy atom. The van der Waals surface area contributed by atoms with Gasteiger partial charge in [0.05, 0.1) is 0 Å². The third-order valence-electron chi connectivity index (χ3n) is 14.7. The van der Waals surface area contributed by atoms with E-state index >= 15 is 0 Å². The molecule has 318 valence electrons. The summed E-state index contributed by atoms with van der Waals surface area (Å²) in [5.74, 6) is 1.32. The molecule has 0 radical (unpaired) electrons. The number of thiophene rings is 2. The minimum atomic E-state index is 0.632. The molecule has 5 aliphatic rings. The summed E-state index contributed by atoms with van der Waals surface area (Å²) in [4.78, 5) is 5.32. The lowest BCUT2D eigenvalue weighted by Crippen LogP contribution is -1.94. The van der Waals surface area contributed by atoms with Gasteiger partial charge in [-0.05, 0) is 157 Å². The van der Waals surface area contributed by atoms with Crippen LogP contribution in [-0.2, 0) is 12.8 Å². The second kappa shape index (κ2) is 15.7. The topological polar surface area (TPSA) is 15.8 Å².